The van der Waals surface area contributed by atoms with Crippen molar-refractivity contribution in [2.45, 2.75) is 51.0 Å². The van der Waals surface area contributed by atoms with Crippen LogP contribution in [0.4, 0.5) is 10.1 Å². The van der Waals surface area contributed by atoms with Crippen LogP contribution in [0.2, 0.25) is 0 Å². The second-order valence-corrected chi connectivity index (χ2v) is 6.62. The van der Waals surface area contributed by atoms with Crippen LogP contribution in [0.15, 0.2) is 18.2 Å². The molecule has 1 amide bonds. The lowest BCUT2D eigenvalue weighted by Crippen LogP contribution is -2.37. The maximum Gasteiger partial charge on any atom is 0.307 e. The number of hydrogen-bond donors (Lipinski definition) is 0. The third-order valence-electron chi connectivity index (χ3n) is 4.93. The number of carbonyl (C=O) groups is 2. The number of fused-ring (bicyclic) bond motifs is 1. The average molecular weight is 344 g/mol. The Hall–Kier alpha value is -2.42. The topological polar surface area (TPSA) is 70.4 Å². The summed E-state index contributed by atoms with van der Waals surface area (Å²) >= 11 is 0. The van der Waals surface area contributed by atoms with Gasteiger partial charge in [0.15, 0.2) is 0 Å². The number of esters is 1. The smallest absolute Gasteiger partial charge is 0.307 e. The lowest BCUT2D eigenvalue weighted by Gasteiger charge is -2.30. The van der Waals surface area contributed by atoms with Crippen LogP contribution >= 0.6 is 0 Å². The van der Waals surface area contributed by atoms with Crippen LogP contribution in [0.5, 0.6) is 0 Å². The Balaban J connectivity index is 1.60. The summed E-state index contributed by atoms with van der Waals surface area (Å²) in [6.45, 7) is 0.209. The van der Waals surface area contributed by atoms with Gasteiger partial charge < -0.3 is 9.64 Å². The summed E-state index contributed by atoms with van der Waals surface area (Å²) < 4.78 is 18.8. The van der Waals surface area contributed by atoms with E-state index in [1.165, 1.54) is 17.0 Å². The zero-order valence-corrected chi connectivity index (χ0v) is 14.0. The van der Waals surface area contributed by atoms with Crippen LogP contribution in [0, 0.1) is 23.1 Å². The van der Waals surface area contributed by atoms with Gasteiger partial charge in [0.1, 0.15) is 11.9 Å². The van der Waals surface area contributed by atoms with Gasteiger partial charge in [0, 0.05) is 18.7 Å². The van der Waals surface area contributed by atoms with Crippen molar-refractivity contribution >= 4 is 17.6 Å². The van der Waals surface area contributed by atoms with Gasteiger partial charge in [0.05, 0.1) is 18.4 Å². The van der Waals surface area contributed by atoms with Gasteiger partial charge in [-0.05, 0) is 49.4 Å². The van der Waals surface area contributed by atoms with E-state index in [2.05, 4.69) is 6.07 Å². The van der Waals surface area contributed by atoms with Crippen molar-refractivity contribution in [1.29, 1.82) is 5.26 Å². The molecule has 0 bridgehead atoms. The maximum atomic E-state index is 13.4. The Morgan fingerprint density at radius 1 is 1.32 bits per heavy atom. The molecule has 0 N–H and O–H groups in total. The number of rotatable bonds is 4. The Labute approximate surface area is 146 Å². The standard InChI is InChI=1S/C19H21FN2O3/c20-15-6-7-16-13(11-15)5-8-18(23)22(16)10-9-19(24)25-17-4-2-1-3-14(17)12-21/h6-7,11,14,17H,1-5,8-10H2/t14-,17+/m0/s1. The van der Waals surface area contributed by atoms with E-state index < -0.39 is 5.97 Å². The van der Waals surface area contributed by atoms with Gasteiger partial charge in [-0.15, -0.1) is 0 Å². The van der Waals surface area contributed by atoms with Crippen LogP contribution < -0.4 is 4.90 Å². The number of halogens is 1. The van der Waals surface area contributed by atoms with Gasteiger partial charge in [-0.3, -0.25) is 9.59 Å². The Morgan fingerprint density at radius 2 is 2.12 bits per heavy atom. The van der Waals surface area contributed by atoms with Crippen LogP contribution in [0.1, 0.15) is 44.1 Å². The molecule has 25 heavy (non-hydrogen) atoms. The first-order valence-electron chi connectivity index (χ1n) is 8.76. The molecule has 3 rings (SSSR count). The number of carbonyl (C=O) groups excluding carboxylic acids is 2. The summed E-state index contributed by atoms with van der Waals surface area (Å²) in [5.74, 6) is -1.03. The van der Waals surface area contributed by atoms with Crippen molar-refractivity contribution in [2.24, 2.45) is 5.92 Å². The first-order valence-corrected chi connectivity index (χ1v) is 8.76. The van der Waals surface area contributed by atoms with Gasteiger partial charge in [-0.25, -0.2) is 4.39 Å². The number of nitriles is 1. The highest BCUT2D eigenvalue weighted by Crippen LogP contribution is 2.29. The zero-order chi connectivity index (χ0) is 17.8. The molecule has 0 unspecified atom stereocenters. The second-order valence-electron chi connectivity index (χ2n) is 6.62. The minimum Gasteiger partial charge on any atom is -0.461 e. The quantitative estimate of drug-likeness (QED) is 0.787. The number of anilines is 1. The van der Waals surface area contributed by atoms with Gasteiger partial charge >= 0.3 is 5.97 Å². The normalized spacial score (nSPS) is 22.9. The molecule has 1 fully saturated rings. The molecule has 1 aliphatic heterocycles. The number of benzene rings is 1. The predicted molar refractivity (Wildman–Crippen MR) is 89.1 cm³/mol. The van der Waals surface area contributed by atoms with Crippen LogP contribution in [-0.2, 0) is 20.7 Å². The molecule has 132 valence electrons. The van der Waals surface area contributed by atoms with E-state index in [1.807, 2.05) is 0 Å². The van der Waals surface area contributed by atoms with Crippen LogP contribution in [-0.4, -0.2) is 24.5 Å². The highest BCUT2D eigenvalue weighted by molar-refractivity contribution is 5.96. The fourth-order valence-electron chi connectivity index (χ4n) is 3.59. The Kier molecular flexibility index (Phi) is 5.32. The van der Waals surface area contributed by atoms with Gasteiger partial charge in [0.2, 0.25) is 5.91 Å². The summed E-state index contributed by atoms with van der Waals surface area (Å²) in [5, 5.41) is 9.15. The summed E-state index contributed by atoms with van der Waals surface area (Å²) in [6.07, 6.45) is 3.97. The Bertz CT molecular complexity index is 713. The van der Waals surface area contributed by atoms with Gasteiger partial charge in [-0.1, -0.05) is 6.42 Å². The number of nitrogens with zero attached hydrogens (tertiary/aromatic N) is 2. The van der Waals surface area contributed by atoms with E-state index in [1.54, 1.807) is 6.07 Å². The van der Waals surface area contributed by atoms with Gasteiger partial charge in [0.25, 0.3) is 0 Å². The fraction of sp³-hybridized carbons (Fsp3) is 0.526. The van der Waals surface area contributed by atoms with E-state index in [-0.39, 0.29) is 36.7 Å². The highest BCUT2D eigenvalue weighted by atomic mass is 19.1. The van der Waals surface area contributed by atoms with Crippen molar-refractivity contribution < 1.29 is 18.7 Å². The van der Waals surface area contributed by atoms with E-state index in [0.717, 1.165) is 24.8 Å². The molecule has 1 aromatic rings. The molecular weight excluding hydrogens is 323 g/mol. The third-order valence-corrected chi connectivity index (χ3v) is 4.93. The first-order chi connectivity index (χ1) is 12.1. The van der Waals surface area contributed by atoms with Crippen LogP contribution in [0.3, 0.4) is 0 Å². The molecular formula is C19H21FN2O3. The monoisotopic (exact) mass is 344 g/mol. The number of hydrogen-bond acceptors (Lipinski definition) is 4. The molecule has 0 aromatic heterocycles. The molecule has 2 aliphatic rings. The van der Waals surface area contributed by atoms with Crippen molar-refractivity contribution in [3.8, 4) is 6.07 Å². The Morgan fingerprint density at radius 3 is 2.92 bits per heavy atom. The fourth-order valence-corrected chi connectivity index (χ4v) is 3.59. The zero-order valence-electron chi connectivity index (χ0n) is 14.0. The van der Waals surface area contributed by atoms with Crippen molar-refractivity contribution in [1.82, 2.24) is 0 Å². The number of ether oxygens (including phenoxy) is 1. The molecule has 0 radical (unpaired) electrons. The molecule has 0 spiro atoms. The first kappa shape index (κ1) is 17.4. The summed E-state index contributed by atoms with van der Waals surface area (Å²) in [4.78, 5) is 25.9. The summed E-state index contributed by atoms with van der Waals surface area (Å²) in [6, 6.07) is 6.56. The maximum absolute atomic E-state index is 13.4. The molecule has 6 heteroatoms. The largest absolute Gasteiger partial charge is 0.461 e. The SMILES string of the molecule is N#C[C@@H]1CCCC[C@H]1OC(=O)CCN1C(=O)CCc2cc(F)ccc21. The van der Waals surface area contributed by atoms with Crippen molar-refractivity contribution in [3.05, 3.63) is 29.6 Å². The lowest BCUT2D eigenvalue weighted by molar-refractivity contribution is -0.152. The lowest BCUT2D eigenvalue weighted by atomic mass is 9.87. The summed E-state index contributed by atoms with van der Waals surface area (Å²) in [7, 11) is 0. The van der Waals surface area contributed by atoms with E-state index in [4.69, 9.17) is 10.00 Å². The molecule has 1 aromatic carbocycles. The predicted octanol–water partition coefficient (Wildman–Crippen LogP) is 3.12. The molecule has 0 saturated heterocycles. The molecule has 1 saturated carbocycles. The molecule has 1 heterocycles. The van der Waals surface area contributed by atoms with E-state index in [0.29, 0.717) is 24.9 Å². The minimum absolute atomic E-state index is 0.0667. The molecule has 1 aliphatic carbocycles. The summed E-state index contributed by atoms with van der Waals surface area (Å²) in [5.41, 5.74) is 1.45. The molecule has 5 nitrogen and oxygen atoms in total. The molecule has 2 atom stereocenters. The van der Waals surface area contributed by atoms with Crippen molar-refractivity contribution in [3.63, 3.8) is 0 Å². The number of amides is 1. The minimum atomic E-state index is -0.394. The average Bonchev–Trinajstić information content (AvgIpc) is 2.61. The highest BCUT2D eigenvalue weighted by Gasteiger charge is 2.29. The second kappa shape index (κ2) is 7.64. The van der Waals surface area contributed by atoms with Gasteiger partial charge in [-0.2, -0.15) is 5.26 Å². The number of aryl methyl sites for hydroxylation is 1. The van der Waals surface area contributed by atoms with Crippen molar-refractivity contribution in [2.75, 3.05) is 11.4 Å². The van der Waals surface area contributed by atoms with E-state index in [9.17, 15) is 14.0 Å². The van der Waals surface area contributed by atoms with E-state index >= 15 is 0 Å². The van der Waals surface area contributed by atoms with Crippen LogP contribution in [0.25, 0.3) is 0 Å². The third kappa shape index (κ3) is 3.98.